The Hall–Kier alpha value is -1.85. The summed E-state index contributed by atoms with van der Waals surface area (Å²) >= 11 is 0. The van der Waals surface area contributed by atoms with E-state index in [4.69, 9.17) is 4.42 Å². The van der Waals surface area contributed by atoms with E-state index >= 15 is 0 Å². The fraction of sp³-hybridized carbons (Fsp3) is 0.500. The second-order valence-electron chi connectivity index (χ2n) is 3.88. The first-order chi connectivity index (χ1) is 7.59. The number of furan rings is 1. The second kappa shape index (κ2) is 3.96. The molecule has 1 saturated heterocycles. The molecule has 16 heavy (non-hydrogen) atoms. The molecular formula is C10H12N2O4. The minimum absolute atomic E-state index is 0.0421. The van der Waals surface area contributed by atoms with E-state index in [0.717, 1.165) is 12.8 Å². The van der Waals surface area contributed by atoms with Gasteiger partial charge in [-0.15, -0.1) is 0 Å². The van der Waals surface area contributed by atoms with E-state index in [0.29, 0.717) is 6.54 Å². The smallest absolute Gasteiger partial charge is 0.395 e. The number of nitro groups is 1. The number of amides is 1. The molecule has 2 rings (SSSR count). The van der Waals surface area contributed by atoms with Crippen LogP contribution in [0.1, 0.15) is 30.3 Å². The van der Waals surface area contributed by atoms with Crippen LogP contribution < -0.4 is 0 Å². The van der Waals surface area contributed by atoms with Gasteiger partial charge in [-0.05, 0) is 25.8 Å². The molecular weight excluding hydrogens is 212 g/mol. The number of likely N-dealkylation sites (tertiary alicyclic amines) is 1. The van der Waals surface area contributed by atoms with Crippen molar-refractivity contribution >= 4 is 11.8 Å². The SMILES string of the molecule is CC1CCCN1C(=O)c1ccc([N+](=O)[O-])o1. The third kappa shape index (κ3) is 1.78. The first-order valence-corrected chi connectivity index (χ1v) is 5.15. The van der Waals surface area contributed by atoms with E-state index in [-0.39, 0.29) is 17.7 Å². The van der Waals surface area contributed by atoms with Crippen LogP contribution in [0.2, 0.25) is 0 Å². The summed E-state index contributed by atoms with van der Waals surface area (Å²) in [5.41, 5.74) is 0. The van der Waals surface area contributed by atoms with Crippen molar-refractivity contribution in [1.29, 1.82) is 0 Å². The first-order valence-electron chi connectivity index (χ1n) is 5.15. The van der Waals surface area contributed by atoms with Gasteiger partial charge in [-0.25, -0.2) is 0 Å². The maximum Gasteiger partial charge on any atom is 0.433 e. The van der Waals surface area contributed by atoms with E-state index < -0.39 is 10.8 Å². The Labute approximate surface area is 92.0 Å². The molecule has 1 aromatic heterocycles. The van der Waals surface area contributed by atoms with E-state index in [2.05, 4.69) is 0 Å². The standard InChI is InChI=1S/C10H12N2O4/c1-7-3-2-6-11(7)10(13)8-4-5-9(16-8)12(14)15/h4-5,7H,2-3,6H2,1H3. The molecule has 2 heterocycles. The lowest BCUT2D eigenvalue weighted by Crippen LogP contribution is -2.33. The average Bonchev–Trinajstić information content (AvgIpc) is 2.84. The number of carbonyl (C=O) groups is 1. The number of nitrogens with zero attached hydrogens (tertiary/aromatic N) is 2. The van der Waals surface area contributed by atoms with Crippen molar-refractivity contribution in [1.82, 2.24) is 4.90 Å². The van der Waals surface area contributed by atoms with Gasteiger partial charge in [-0.1, -0.05) is 0 Å². The molecule has 0 aliphatic carbocycles. The Morgan fingerprint density at radius 1 is 1.62 bits per heavy atom. The monoisotopic (exact) mass is 224 g/mol. The van der Waals surface area contributed by atoms with Gasteiger partial charge in [0.15, 0.2) is 5.76 Å². The van der Waals surface area contributed by atoms with Crippen molar-refractivity contribution in [2.24, 2.45) is 0 Å². The molecule has 0 aromatic carbocycles. The summed E-state index contributed by atoms with van der Waals surface area (Å²) in [7, 11) is 0. The van der Waals surface area contributed by atoms with Crippen LogP contribution >= 0.6 is 0 Å². The quantitative estimate of drug-likeness (QED) is 0.567. The Kier molecular flexibility index (Phi) is 2.64. The van der Waals surface area contributed by atoms with Gasteiger partial charge in [0.25, 0.3) is 5.91 Å². The molecule has 6 heteroatoms. The molecule has 1 aromatic rings. The van der Waals surface area contributed by atoms with Gasteiger partial charge < -0.3 is 9.32 Å². The van der Waals surface area contributed by atoms with Gasteiger partial charge in [0.05, 0.1) is 6.07 Å². The molecule has 1 unspecified atom stereocenters. The van der Waals surface area contributed by atoms with Crippen molar-refractivity contribution in [3.05, 3.63) is 28.0 Å². The molecule has 0 saturated carbocycles. The molecule has 0 bridgehead atoms. The summed E-state index contributed by atoms with van der Waals surface area (Å²) in [5, 5.41) is 10.4. The molecule has 1 aliphatic rings. The van der Waals surface area contributed by atoms with Crippen molar-refractivity contribution in [2.75, 3.05) is 6.54 Å². The maximum atomic E-state index is 11.9. The average molecular weight is 224 g/mol. The zero-order chi connectivity index (χ0) is 11.7. The van der Waals surface area contributed by atoms with Gasteiger partial charge in [-0.3, -0.25) is 14.9 Å². The van der Waals surface area contributed by atoms with Crippen LogP contribution in [0.4, 0.5) is 5.88 Å². The summed E-state index contributed by atoms with van der Waals surface area (Å²) in [4.78, 5) is 23.3. The van der Waals surface area contributed by atoms with Gasteiger partial charge in [0.1, 0.15) is 4.92 Å². The number of rotatable bonds is 2. The molecule has 0 spiro atoms. The van der Waals surface area contributed by atoms with Crippen LogP contribution in [0.3, 0.4) is 0 Å². The number of hydrogen-bond donors (Lipinski definition) is 0. The van der Waals surface area contributed by atoms with Crippen LogP contribution in [0, 0.1) is 10.1 Å². The Morgan fingerprint density at radius 3 is 2.88 bits per heavy atom. The topological polar surface area (TPSA) is 76.6 Å². The highest BCUT2D eigenvalue weighted by Crippen LogP contribution is 2.22. The molecule has 86 valence electrons. The predicted molar refractivity (Wildman–Crippen MR) is 55.1 cm³/mol. The largest absolute Gasteiger partial charge is 0.433 e. The lowest BCUT2D eigenvalue weighted by Gasteiger charge is -2.19. The van der Waals surface area contributed by atoms with E-state index in [1.165, 1.54) is 12.1 Å². The zero-order valence-electron chi connectivity index (χ0n) is 8.88. The predicted octanol–water partition coefficient (Wildman–Crippen LogP) is 1.81. The Balaban J connectivity index is 2.17. The summed E-state index contributed by atoms with van der Waals surface area (Å²) in [6, 6.07) is 2.73. The summed E-state index contributed by atoms with van der Waals surface area (Å²) < 4.78 is 4.88. The molecule has 1 aliphatic heterocycles. The highest BCUT2D eigenvalue weighted by Gasteiger charge is 2.29. The lowest BCUT2D eigenvalue weighted by atomic mass is 10.2. The van der Waals surface area contributed by atoms with Crippen LogP contribution in [-0.4, -0.2) is 28.3 Å². The van der Waals surface area contributed by atoms with Crippen molar-refractivity contribution < 1.29 is 14.1 Å². The Bertz CT molecular complexity index is 426. The maximum absolute atomic E-state index is 11.9. The summed E-state index contributed by atoms with van der Waals surface area (Å²) in [5.74, 6) is -0.617. The summed E-state index contributed by atoms with van der Waals surface area (Å²) in [6.45, 7) is 2.65. The van der Waals surface area contributed by atoms with E-state index in [1.807, 2.05) is 6.92 Å². The highest BCUT2D eigenvalue weighted by molar-refractivity contribution is 5.92. The van der Waals surface area contributed by atoms with Crippen molar-refractivity contribution in [3.63, 3.8) is 0 Å². The fourth-order valence-corrected chi connectivity index (χ4v) is 1.92. The van der Waals surface area contributed by atoms with Crippen LogP contribution in [-0.2, 0) is 0 Å². The minimum Gasteiger partial charge on any atom is -0.395 e. The normalized spacial score (nSPS) is 20.1. The second-order valence-corrected chi connectivity index (χ2v) is 3.88. The van der Waals surface area contributed by atoms with Crippen LogP contribution in [0.15, 0.2) is 16.5 Å². The van der Waals surface area contributed by atoms with Gasteiger partial charge in [-0.2, -0.15) is 0 Å². The Morgan fingerprint density at radius 2 is 2.38 bits per heavy atom. The molecule has 1 fully saturated rings. The third-order valence-electron chi connectivity index (χ3n) is 2.80. The van der Waals surface area contributed by atoms with Gasteiger partial charge >= 0.3 is 5.88 Å². The minimum atomic E-state index is -0.649. The molecule has 0 radical (unpaired) electrons. The summed E-state index contributed by atoms with van der Waals surface area (Å²) in [6.07, 6.45) is 1.93. The van der Waals surface area contributed by atoms with Gasteiger partial charge in [0.2, 0.25) is 0 Å². The molecule has 1 amide bonds. The fourth-order valence-electron chi connectivity index (χ4n) is 1.92. The molecule has 0 N–H and O–H groups in total. The molecule has 6 nitrogen and oxygen atoms in total. The molecule has 1 atom stereocenters. The first kappa shape index (κ1) is 10.7. The lowest BCUT2D eigenvalue weighted by molar-refractivity contribution is -0.402. The van der Waals surface area contributed by atoms with Crippen LogP contribution in [0.25, 0.3) is 0 Å². The van der Waals surface area contributed by atoms with E-state index in [1.54, 1.807) is 4.90 Å². The highest BCUT2D eigenvalue weighted by atomic mass is 16.6. The number of carbonyl (C=O) groups excluding carboxylic acids is 1. The number of hydrogen-bond acceptors (Lipinski definition) is 4. The van der Waals surface area contributed by atoms with Gasteiger partial charge in [0, 0.05) is 12.6 Å². The van der Waals surface area contributed by atoms with Crippen LogP contribution in [0.5, 0.6) is 0 Å². The third-order valence-corrected chi connectivity index (χ3v) is 2.80. The zero-order valence-corrected chi connectivity index (χ0v) is 8.88. The van der Waals surface area contributed by atoms with Crippen molar-refractivity contribution in [2.45, 2.75) is 25.8 Å². The van der Waals surface area contributed by atoms with Crippen molar-refractivity contribution in [3.8, 4) is 0 Å². The van der Waals surface area contributed by atoms with E-state index in [9.17, 15) is 14.9 Å².